The van der Waals surface area contributed by atoms with Gasteiger partial charge >= 0.3 is 0 Å². The molecule has 1 saturated heterocycles. The molecule has 0 spiro atoms. The number of piperidine rings is 1. The minimum Gasteiger partial charge on any atom is -0.633 e. The summed E-state index contributed by atoms with van der Waals surface area (Å²) in [6.07, 6.45) is 13.3. The molecule has 0 bridgehead atoms. The first-order chi connectivity index (χ1) is 15.4. The van der Waals surface area contributed by atoms with Crippen LogP contribution in [0.25, 0.3) is 11.2 Å². The number of aryl methyl sites for hydroxylation is 2. The van der Waals surface area contributed by atoms with E-state index >= 15 is 0 Å². The lowest BCUT2D eigenvalue weighted by atomic mass is 10.1. The molecule has 6 nitrogen and oxygen atoms in total. The Labute approximate surface area is 202 Å². The van der Waals surface area contributed by atoms with Gasteiger partial charge < -0.3 is 14.4 Å². The second-order valence-electron chi connectivity index (χ2n) is 9.57. The largest absolute Gasteiger partial charge is 0.633 e. The first-order valence-corrected chi connectivity index (χ1v) is 13.8. The second-order valence-corrected chi connectivity index (χ2v) is 11.5. The Balaban J connectivity index is 1.35. The van der Waals surface area contributed by atoms with E-state index in [1.807, 2.05) is 6.92 Å². The maximum atomic E-state index is 12.5. The highest BCUT2D eigenvalue weighted by Crippen LogP contribution is 2.30. The minimum absolute atomic E-state index is 0.0803. The third kappa shape index (κ3) is 7.57. The van der Waals surface area contributed by atoms with E-state index in [1.165, 1.54) is 44.9 Å². The molecule has 0 saturated carbocycles. The maximum Gasteiger partial charge on any atom is 0.225 e. The SMILES string of the molecule is Cc1nc2nc(Cl)nc(SC(C)C)c2n1CCCCCCCCCC[N+]1([O-])CCCCC1. The van der Waals surface area contributed by atoms with Crippen molar-refractivity contribution >= 4 is 34.5 Å². The molecule has 2 aromatic heterocycles. The number of rotatable bonds is 13. The van der Waals surface area contributed by atoms with Crippen LogP contribution >= 0.6 is 23.4 Å². The summed E-state index contributed by atoms with van der Waals surface area (Å²) < 4.78 is 2.34. The number of unbranched alkanes of at least 4 members (excludes halogenated alkanes) is 7. The van der Waals surface area contributed by atoms with Crippen LogP contribution in [0.15, 0.2) is 5.03 Å². The van der Waals surface area contributed by atoms with Gasteiger partial charge in [-0.15, -0.1) is 11.8 Å². The summed E-state index contributed by atoms with van der Waals surface area (Å²) >= 11 is 7.84. The third-order valence-corrected chi connectivity index (χ3v) is 7.56. The fraction of sp³-hybridized carbons (Fsp3) is 0.792. The lowest BCUT2D eigenvalue weighted by molar-refractivity contribution is -0.885. The van der Waals surface area contributed by atoms with Crippen molar-refractivity contribution < 1.29 is 4.65 Å². The molecular weight excluding hydrogens is 442 g/mol. The van der Waals surface area contributed by atoms with E-state index in [1.54, 1.807) is 11.8 Å². The normalized spacial score (nSPS) is 16.3. The number of quaternary nitrogens is 1. The number of aromatic nitrogens is 4. The summed E-state index contributed by atoms with van der Waals surface area (Å²) in [4.78, 5) is 13.4. The number of likely N-dealkylation sites (tertiary alicyclic amines) is 1. The zero-order chi connectivity index (χ0) is 23.0. The number of thioether (sulfide) groups is 1. The lowest BCUT2D eigenvalue weighted by Crippen LogP contribution is -2.46. The molecule has 3 rings (SSSR count). The molecule has 0 radical (unpaired) electrons. The Morgan fingerprint density at radius 2 is 1.56 bits per heavy atom. The van der Waals surface area contributed by atoms with E-state index in [0.717, 1.165) is 68.2 Å². The summed E-state index contributed by atoms with van der Waals surface area (Å²) in [6.45, 7) is 9.84. The molecule has 3 heterocycles. The van der Waals surface area contributed by atoms with Gasteiger partial charge in [-0.3, -0.25) is 0 Å². The number of fused-ring (bicyclic) bond motifs is 1. The zero-order valence-electron chi connectivity index (χ0n) is 20.1. The van der Waals surface area contributed by atoms with Gasteiger partial charge in [-0.2, -0.15) is 4.98 Å². The Hall–Kier alpha value is -0.890. The van der Waals surface area contributed by atoms with Gasteiger partial charge in [0.25, 0.3) is 0 Å². The molecule has 180 valence electrons. The fourth-order valence-corrected chi connectivity index (χ4v) is 5.82. The number of hydrogen-bond donors (Lipinski definition) is 0. The first kappa shape index (κ1) is 25.7. The molecule has 32 heavy (non-hydrogen) atoms. The third-order valence-electron chi connectivity index (χ3n) is 6.41. The van der Waals surface area contributed by atoms with Crippen LogP contribution < -0.4 is 0 Å². The van der Waals surface area contributed by atoms with Crippen LogP contribution in [0.4, 0.5) is 0 Å². The molecular formula is C24H40ClN5OS. The predicted molar refractivity (Wildman–Crippen MR) is 135 cm³/mol. The van der Waals surface area contributed by atoms with Crippen LogP contribution in [-0.4, -0.2) is 49.0 Å². The van der Waals surface area contributed by atoms with Crippen LogP contribution in [-0.2, 0) is 6.54 Å². The van der Waals surface area contributed by atoms with Gasteiger partial charge in [0.2, 0.25) is 5.28 Å². The average Bonchev–Trinajstić information content (AvgIpc) is 3.04. The Morgan fingerprint density at radius 1 is 0.938 bits per heavy atom. The van der Waals surface area contributed by atoms with Crippen molar-refractivity contribution in [2.24, 2.45) is 0 Å². The van der Waals surface area contributed by atoms with E-state index in [9.17, 15) is 5.21 Å². The van der Waals surface area contributed by atoms with Crippen molar-refractivity contribution in [3.63, 3.8) is 0 Å². The summed E-state index contributed by atoms with van der Waals surface area (Å²) in [5.74, 6) is 0.981. The predicted octanol–water partition coefficient (Wildman–Crippen LogP) is 6.91. The highest BCUT2D eigenvalue weighted by molar-refractivity contribution is 8.00. The van der Waals surface area contributed by atoms with Gasteiger partial charge in [-0.25, -0.2) is 9.97 Å². The molecule has 1 aliphatic rings. The van der Waals surface area contributed by atoms with Crippen LogP contribution in [0.2, 0.25) is 5.28 Å². The maximum absolute atomic E-state index is 12.5. The van der Waals surface area contributed by atoms with Crippen LogP contribution in [0.3, 0.4) is 0 Å². The van der Waals surface area contributed by atoms with E-state index in [4.69, 9.17) is 11.6 Å². The Kier molecular flexibility index (Phi) is 10.1. The number of imidazole rings is 1. The molecule has 2 aromatic rings. The quantitative estimate of drug-likeness (QED) is 0.0776. The Morgan fingerprint density at radius 3 is 2.22 bits per heavy atom. The number of nitrogens with zero attached hydrogens (tertiary/aromatic N) is 5. The topological polar surface area (TPSA) is 66.7 Å². The monoisotopic (exact) mass is 481 g/mol. The highest BCUT2D eigenvalue weighted by atomic mass is 35.5. The van der Waals surface area contributed by atoms with Crippen molar-refractivity contribution in [1.29, 1.82) is 0 Å². The molecule has 1 aliphatic heterocycles. The van der Waals surface area contributed by atoms with Crippen LogP contribution in [0.5, 0.6) is 0 Å². The number of halogens is 1. The summed E-state index contributed by atoms with van der Waals surface area (Å²) in [6, 6.07) is 0. The van der Waals surface area contributed by atoms with Crippen LogP contribution in [0.1, 0.15) is 90.3 Å². The second kappa shape index (κ2) is 12.5. The fourth-order valence-electron chi connectivity index (χ4n) is 4.71. The van der Waals surface area contributed by atoms with Crippen molar-refractivity contribution in [1.82, 2.24) is 19.5 Å². The number of hydrogen-bond acceptors (Lipinski definition) is 5. The average molecular weight is 482 g/mol. The van der Waals surface area contributed by atoms with Crippen molar-refractivity contribution in [2.75, 3.05) is 19.6 Å². The summed E-state index contributed by atoms with van der Waals surface area (Å²) in [7, 11) is 0. The van der Waals surface area contributed by atoms with E-state index in [-0.39, 0.29) is 9.93 Å². The first-order valence-electron chi connectivity index (χ1n) is 12.5. The summed E-state index contributed by atoms with van der Waals surface area (Å²) in [5.41, 5.74) is 1.73. The molecule has 0 amide bonds. The van der Waals surface area contributed by atoms with Gasteiger partial charge in [-0.05, 0) is 57.0 Å². The zero-order valence-corrected chi connectivity index (χ0v) is 21.7. The van der Waals surface area contributed by atoms with Crippen molar-refractivity contribution in [2.45, 2.75) is 108 Å². The van der Waals surface area contributed by atoms with Gasteiger partial charge in [0.15, 0.2) is 5.65 Å². The van der Waals surface area contributed by atoms with Crippen molar-refractivity contribution in [3.8, 4) is 0 Å². The van der Waals surface area contributed by atoms with E-state index < -0.39 is 0 Å². The standard InChI is InChI=1S/C24H40ClN5OS/c1-19(2)32-23-21-22(27-24(25)28-23)26-20(3)29(21)15-11-8-6-4-5-7-9-12-16-30(31)17-13-10-14-18-30/h19H,4-18H2,1-3H3. The summed E-state index contributed by atoms with van der Waals surface area (Å²) in [5, 5.41) is 14.2. The lowest BCUT2D eigenvalue weighted by Gasteiger charge is -2.45. The van der Waals surface area contributed by atoms with Gasteiger partial charge in [0.05, 0.1) is 19.6 Å². The van der Waals surface area contributed by atoms with E-state index in [0.29, 0.717) is 10.9 Å². The smallest absolute Gasteiger partial charge is 0.225 e. The van der Waals surface area contributed by atoms with Gasteiger partial charge in [0.1, 0.15) is 16.4 Å². The van der Waals surface area contributed by atoms with Gasteiger partial charge in [0, 0.05) is 11.8 Å². The van der Waals surface area contributed by atoms with Crippen LogP contribution in [0, 0.1) is 12.1 Å². The van der Waals surface area contributed by atoms with Gasteiger partial charge in [-0.1, -0.05) is 46.0 Å². The minimum atomic E-state index is 0.0803. The molecule has 0 N–H and O–H groups in total. The molecule has 0 aromatic carbocycles. The Bertz CT molecular complexity index is 851. The van der Waals surface area contributed by atoms with Crippen molar-refractivity contribution in [3.05, 3.63) is 16.3 Å². The highest BCUT2D eigenvalue weighted by Gasteiger charge is 2.20. The van der Waals surface area contributed by atoms with E-state index in [2.05, 4.69) is 33.4 Å². The number of hydroxylamine groups is 3. The molecule has 0 aliphatic carbocycles. The molecule has 0 unspecified atom stereocenters. The molecule has 0 atom stereocenters. The molecule has 8 heteroatoms. The molecule has 1 fully saturated rings.